The standard InChI is InChI=1S/C16H16N4O3/c21-16(19-7-5-13(10-19)20-8-6-17-18-20)4-2-12-1-3-14-15(9-12)23-11-22-14/h1-4,6,8-9,13H,5,7,10-11H2/b4-2+. The van der Waals surface area contributed by atoms with Gasteiger partial charge in [-0.05, 0) is 30.2 Å². The molecule has 0 N–H and O–H groups in total. The van der Waals surface area contributed by atoms with E-state index < -0.39 is 0 Å². The average molecular weight is 312 g/mol. The molecule has 118 valence electrons. The van der Waals surface area contributed by atoms with E-state index >= 15 is 0 Å². The Morgan fingerprint density at radius 3 is 3.09 bits per heavy atom. The van der Waals surface area contributed by atoms with E-state index in [1.54, 1.807) is 18.3 Å². The summed E-state index contributed by atoms with van der Waals surface area (Å²) >= 11 is 0. The monoisotopic (exact) mass is 312 g/mol. The third-order valence-corrected chi connectivity index (χ3v) is 4.11. The highest BCUT2D eigenvalue weighted by Gasteiger charge is 2.26. The van der Waals surface area contributed by atoms with Gasteiger partial charge < -0.3 is 14.4 Å². The van der Waals surface area contributed by atoms with E-state index in [9.17, 15) is 4.79 Å². The summed E-state index contributed by atoms with van der Waals surface area (Å²) in [5.41, 5.74) is 0.912. The number of carbonyl (C=O) groups excluding carboxylic acids is 1. The van der Waals surface area contributed by atoms with Crippen LogP contribution in [-0.4, -0.2) is 45.7 Å². The number of nitrogens with zero attached hydrogens (tertiary/aromatic N) is 4. The van der Waals surface area contributed by atoms with Gasteiger partial charge in [0.25, 0.3) is 0 Å². The maximum absolute atomic E-state index is 12.3. The Hall–Kier alpha value is -2.83. The Morgan fingerprint density at radius 2 is 2.22 bits per heavy atom. The van der Waals surface area contributed by atoms with Gasteiger partial charge in [0, 0.05) is 25.4 Å². The van der Waals surface area contributed by atoms with E-state index in [4.69, 9.17) is 9.47 Å². The molecule has 1 atom stereocenters. The summed E-state index contributed by atoms with van der Waals surface area (Å²) in [6.07, 6.45) is 7.78. The molecule has 7 nitrogen and oxygen atoms in total. The van der Waals surface area contributed by atoms with Crippen molar-refractivity contribution in [2.24, 2.45) is 0 Å². The molecule has 1 fully saturated rings. The van der Waals surface area contributed by atoms with Crippen LogP contribution in [0, 0.1) is 0 Å². The molecule has 7 heteroatoms. The highest BCUT2D eigenvalue weighted by molar-refractivity contribution is 5.92. The maximum atomic E-state index is 12.3. The number of amides is 1. The molecule has 0 aliphatic carbocycles. The molecule has 0 radical (unpaired) electrons. The summed E-state index contributed by atoms with van der Waals surface area (Å²) in [6, 6.07) is 5.83. The highest BCUT2D eigenvalue weighted by Crippen LogP contribution is 2.32. The van der Waals surface area contributed by atoms with Crippen LogP contribution < -0.4 is 9.47 Å². The van der Waals surface area contributed by atoms with E-state index in [-0.39, 0.29) is 18.7 Å². The first kappa shape index (κ1) is 13.8. The summed E-state index contributed by atoms with van der Waals surface area (Å²) < 4.78 is 12.4. The zero-order chi connectivity index (χ0) is 15.6. The lowest BCUT2D eigenvalue weighted by atomic mass is 10.2. The van der Waals surface area contributed by atoms with E-state index in [2.05, 4.69) is 10.3 Å². The number of ether oxygens (including phenoxy) is 2. The number of rotatable bonds is 3. The zero-order valence-corrected chi connectivity index (χ0v) is 12.5. The molecule has 2 aliphatic rings. The maximum Gasteiger partial charge on any atom is 0.246 e. The molecule has 3 heterocycles. The van der Waals surface area contributed by atoms with Crippen LogP contribution in [0.1, 0.15) is 18.0 Å². The van der Waals surface area contributed by atoms with Crippen molar-refractivity contribution >= 4 is 12.0 Å². The first-order chi connectivity index (χ1) is 11.3. The highest BCUT2D eigenvalue weighted by atomic mass is 16.7. The number of aromatic nitrogens is 3. The van der Waals surface area contributed by atoms with Crippen molar-refractivity contribution in [1.29, 1.82) is 0 Å². The molecule has 23 heavy (non-hydrogen) atoms. The molecule has 0 spiro atoms. The average Bonchev–Trinajstić information content (AvgIpc) is 3.32. The van der Waals surface area contributed by atoms with E-state index in [1.807, 2.05) is 34.0 Å². The number of hydrogen-bond donors (Lipinski definition) is 0. The number of hydrogen-bond acceptors (Lipinski definition) is 5. The molecular weight excluding hydrogens is 296 g/mol. The van der Waals surface area contributed by atoms with Gasteiger partial charge in [0.2, 0.25) is 12.7 Å². The lowest BCUT2D eigenvalue weighted by molar-refractivity contribution is -0.125. The quantitative estimate of drug-likeness (QED) is 0.803. The predicted molar refractivity (Wildman–Crippen MR) is 81.9 cm³/mol. The van der Waals surface area contributed by atoms with Crippen molar-refractivity contribution in [2.45, 2.75) is 12.5 Å². The molecule has 1 aromatic heterocycles. The van der Waals surface area contributed by atoms with Gasteiger partial charge in [-0.2, -0.15) is 0 Å². The topological polar surface area (TPSA) is 69.5 Å². The predicted octanol–water partition coefficient (Wildman–Crippen LogP) is 1.49. The fourth-order valence-corrected chi connectivity index (χ4v) is 2.86. The summed E-state index contributed by atoms with van der Waals surface area (Å²) in [4.78, 5) is 14.1. The van der Waals surface area contributed by atoms with Crippen molar-refractivity contribution in [3.05, 3.63) is 42.2 Å². The smallest absolute Gasteiger partial charge is 0.246 e. The van der Waals surface area contributed by atoms with Crippen molar-refractivity contribution in [3.8, 4) is 11.5 Å². The molecule has 2 aliphatic heterocycles. The van der Waals surface area contributed by atoms with Crippen LogP contribution in [0.15, 0.2) is 36.7 Å². The molecule has 0 bridgehead atoms. The Morgan fingerprint density at radius 1 is 1.30 bits per heavy atom. The zero-order valence-electron chi connectivity index (χ0n) is 12.5. The van der Waals surface area contributed by atoms with Gasteiger partial charge in [0.15, 0.2) is 11.5 Å². The molecule has 1 unspecified atom stereocenters. The number of carbonyl (C=O) groups is 1. The number of likely N-dealkylation sites (tertiary alicyclic amines) is 1. The van der Waals surface area contributed by atoms with E-state index in [0.717, 1.165) is 24.3 Å². The van der Waals surface area contributed by atoms with Gasteiger partial charge in [-0.3, -0.25) is 4.79 Å². The first-order valence-corrected chi connectivity index (χ1v) is 7.52. The second-order valence-corrected chi connectivity index (χ2v) is 5.56. The third-order valence-electron chi connectivity index (χ3n) is 4.11. The van der Waals surface area contributed by atoms with Crippen molar-refractivity contribution in [2.75, 3.05) is 19.9 Å². The summed E-state index contributed by atoms with van der Waals surface area (Å²) in [6.45, 7) is 1.64. The minimum absolute atomic E-state index is 0.00489. The largest absolute Gasteiger partial charge is 0.454 e. The number of fused-ring (bicyclic) bond motifs is 1. The van der Waals surface area contributed by atoms with Gasteiger partial charge in [-0.1, -0.05) is 11.3 Å². The lowest BCUT2D eigenvalue weighted by Gasteiger charge is -2.14. The van der Waals surface area contributed by atoms with Gasteiger partial charge >= 0.3 is 0 Å². The molecule has 1 saturated heterocycles. The van der Waals surface area contributed by atoms with E-state index in [0.29, 0.717) is 12.3 Å². The van der Waals surface area contributed by atoms with Crippen LogP contribution >= 0.6 is 0 Å². The van der Waals surface area contributed by atoms with Crippen molar-refractivity contribution < 1.29 is 14.3 Å². The van der Waals surface area contributed by atoms with E-state index in [1.165, 1.54) is 0 Å². The Balaban J connectivity index is 1.40. The van der Waals surface area contributed by atoms with Crippen LogP contribution in [0.3, 0.4) is 0 Å². The van der Waals surface area contributed by atoms with Crippen molar-refractivity contribution in [1.82, 2.24) is 19.9 Å². The van der Waals surface area contributed by atoms with Crippen LogP contribution in [0.5, 0.6) is 11.5 Å². The van der Waals surface area contributed by atoms with Crippen LogP contribution in [0.25, 0.3) is 6.08 Å². The van der Waals surface area contributed by atoms with Gasteiger partial charge in [-0.25, -0.2) is 4.68 Å². The van der Waals surface area contributed by atoms with Crippen LogP contribution in [0.2, 0.25) is 0 Å². The van der Waals surface area contributed by atoms with Crippen LogP contribution in [-0.2, 0) is 4.79 Å². The molecular formula is C16H16N4O3. The SMILES string of the molecule is O=C(/C=C/c1ccc2c(c1)OCO2)N1CCC(n2ccnn2)C1. The first-order valence-electron chi connectivity index (χ1n) is 7.52. The second-order valence-electron chi connectivity index (χ2n) is 5.56. The second kappa shape index (κ2) is 5.75. The summed E-state index contributed by atoms with van der Waals surface area (Å²) in [5.74, 6) is 1.46. The molecule has 0 saturated carbocycles. The molecule has 1 amide bonds. The molecule has 4 rings (SSSR count). The Bertz CT molecular complexity index is 742. The van der Waals surface area contributed by atoms with Gasteiger partial charge in [-0.15, -0.1) is 5.10 Å². The van der Waals surface area contributed by atoms with Crippen molar-refractivity contribution in [3.63, 3.8) is 0 Å². The Kier molecular flexibility index (Phi) is 3.45. The van der Waals surface area contributed by atoms with Gasteiger partial charge in [0.05, 0.1) is 12.2 Å². The summed E-state index contributed by atoms with van der Waals surface area (Å²) in [5, 5.41) is 7.82. The molecule has 2 aromatic rings. The third kappa shape index (κ3) is 2.77. The fraction of sp³-hybridized carbons (Fsp3) is 0.312. The Labute approximate surface area is 133 Å². The summed E-state index contributed by atoms with van der Waals surface area (Å²) in [7, 11) is 0. The minimum atomic E-state index is 0.00489. The van der Waals surface area contributed by atoms with Gasteiger partial charge in [0.1, 0.15) is 0 Å². The minimum Gasteiger partial charge on any atom is -0.454 e. The van der Waals surface area contributed by atoms with Crippen LogP contribution in [0.4, 0.5) is 0 Å². The number of benzene rings is 1. The fourth-order valence-electron chi connectivity index (χ4n) is 2.86. The molecule has 1 aromatic carbocycles. The normalized spacial score (nSPS) is 19.7. The lowest BCUT2D eigenvalue weighted by Crippen LogP contribution is -2.27.